The molecule has 1 aromatic carbocycles. The molecule has 0 saturated carbocycles. The Morgan fingerprint density at radius 3 is 2.56 bits per heavy atom. The Morgan fingerprint density at radius 1 is 1.56 bits per heavy atom. The predicted octanol–water partition coefficient (Wildman–Crippen LogP) is 1.79. The van der Waals surface area contributed by atoms with Crippen molar-refractivity contribution < 1.29 is 18.1 Å². The van der Waals surface area contributed by atoms with Gasteiger partial charge in [0.05, 0.1) is 11.5 Å². The molecule has 0 aliphatic rings. The van der Waals surface area contributed by atoms with E-state index in [2.05, 4.69) is 0 Å². The SMILES string of the molecule is CCOc1ccc(S(=O)(=O)Cl)c(C#N)c1[N+](=O)[O-]. The van der Waals surface area contributed by atoms with Crippen LogP contribution in [0.4, 0.5) is 5.69 Å². The van der Waals surface area contributed by atoms with Gasteiger partial charge in [0.25, 0.3) is 9.05 Å². The quantitative estimate of drug-likeness (QED) is 0.475. The fourth-order valence-corrected chi connectivity index (χ4v) is 2.32. The molecule has 0 amide bonds. The number of hydrogen-bond acceptors (Lipinski definition) is 6. The van der Waals surface area contributed by atoms with Crippen molar-refractivity contribution in [1.82, 2.24) is 0 Å². The molecule has 0 aliphatic heterocycles. The van der Waals surface area contributed by atoms with Crippen LogP contribution in [0.1, 0.15) is 12.5 Å². The first-order chi connectivity index (χ1) is 8.32. The van der Waals surface area contributed by atoms with Crippen LogP contribution in [0.3, 0.4) is 0 Å². The van der Waals surface area contributed by atoms with Gasteiger partial charge in [-0.3, -0.25) is 10.1 Å². The van der Waals surface area contributed by atoms with Crippen LogP contribution in [0.2, 0.25) is 0 Å². The van der Waals surface area contributed by atoms with Crippen molar-refractivity contribution >= 4 is 25.4 Å². The minimum absolute atomic E-state index is 0.138. The molecule has 1 rings (SSSR count). The highest BCUT2D eigenvalue weighted by Gasteiger charge is 2.29. The summed E-state index contributed by atoms with van der Waals surface area (Å²) in [6, 6.07) is 3.56. The van der Waals surface area contributed by atoms with Crippen molar-refractivity contribution in [2.75, 3.05) is 6.61 Å². The molecule has 7 nitrogen and oxygen atoms in total. The van der Waals surface area contributed by atoms with Crippen LogP contribution in [0, 0.1) is 21.4 Å². The average Bonchev–Trinajstić information content (AvgIpc) is 2.26. The van der Waals surface area contributed by atoms with Gasteiger partial charge in [0, 0.05) is 10.7 Å². The standard InChI is InChI=1S/C9H7ClN2O5S/c1-2-17-7-3-4-8(18(10,15)16)6(5-11)9(7)12(13)14/h3-4H,2H2,1H3. The third-order valence-corrected chi connectivity index (χ3v) is 3.32. The minimum atomic E-state index is -4.24. The van der Waals surface area contributed by atoms with Crippen LogP contribution in [-0.2, 0) is 9.05 Å². The smallest absolute Gasteiger partial charge is 0.329 e. The van der Waals surface area contributed by atoms with E-state index in [-0.39, 0.29) is 12.4 Å². The van der Waals surface area contributed by atoms with Crippen molar-refractivity contribution in [2.24, 2.45) is 0 Å². The molecular formula is C9H7ClN2O5S. The van der Waals surface area contributed by atoms with E-state index in [9.17, 15) is 18.5 Å². The maximum Gasteiger partial charge on any atom is 0.329 e. The molecule has 0 aromatic heterocycles. The van der Waals surface area contributed by atoms with E-state index in [0.29, 0.717) is 0 Å². The Morgan fingerprint density at radius 2 is 2.17 bits per heavy atom. The predicted molar refractivity (Wildman–Crippen MR) is 62.0 cm³/mol. The second kappa shape index (κ2) is 5.20. The molecule has 0 radical (unpaired) electrons. The van der Waals surface area contributed by atoms with Gasteiger partial charge in [-0.05, 0) is 19.1 Å². The molecule has 1 aromatic rings. The summed E-state index contributed by atoms with van der Waals surface area (Å²) in [5, 5.41) is 19.8. The van der Waals surface area contributed by atoms with Gasteiger partial charge >= 0.3 is 5.69 Å². The van der Waals surface area contributed by atoms with E-state index in [0.717, 1.165) is 12.1 Å². The Labute approximate surface area is 107 Å². The first-order valence-corrected chi connectivity index (χ1v) is 6.92. The molecule has 0 fully saturated rings. The maximum absolute atomic E-state index is 11.2. The zero-order valence-electron chi connectivity index (χ0n) is 9.08. The van der Waals surface area contributed by atoms with Crippen molar-refractivity contribution in [3.05, 3.63) is 27.8 Å². The molecule has 0 heterocycles. The van der Waals surface area contributed by atoms with Crippen LogP contribution in [0.25, 0.3) is 0 Å². The van der Waals surface area contributed by atoms with Gasteiger partial charge in [-0.1, -0.05) is 0 Å². The van der Waals surface area contributed by atoms with Crippen LogP contribution in [0.15, 0.2) is 17.0 Å². The van der Waals surface area contributed by atoms with Crippen LogP contribution in [0.5, 0.6) is 5.75 Å². The fourth-order valence-electron chi connectivity index (χ4n) is 1.32. The molecule has 0 bridgehead atoms. The molecule has 0 atom stereocenters. The van der Waals surface area contributed by atoms with Gasteiger partial charge in [-0.25, -0.2) is 8.42 Å². The van der Waals surface area contributed by atoms with E-state index in [1.807, 2.05) is 0 Å². The largest absolute Gasteiger partial charge is 0.487 e. The summed E-state index contributed by atoms with van der Waals surface area (Å²) in [5.74, 6) is -0.178. The third kappa shape index (κ3) is 2.69. The van der Waals surface area contributed by atoms with Gasteiger partial charge in [-0.15, -0.1) is 0 Å². The Bertz CT molecular complexity index is 635. The third-order valence-electron chi connectivity index (χ3n) is 1.96. The monoisotopic (exact) mass is 290 g/mol. The molecular weight excluding hydrogens is 284 g/mol. The molecule has 0 aliphatic carbocycles. The van der Waals surface area contributed by atoms with Gasteiger partial charge in [0.1, 0.15) is 11.0 Å². The summed E-state index contributed by atoms with van der Waals surface area (Å²) >= 11 is 0. The molecule has 0 saturated heterocycles. The molecule has 0 spiro atoms. The first kappa shape index (κ1) is 14.2. The lowest BCUT2D eigenvalue weighted by molar-refractivity contribution is -0.386. The van der Waals surface area contributed by atoms with Gasteiger partial charge < -0.3 is 4.74 Å². The zero-order chi connectivity index (χ0) is 13.9. The highest BCUT2D eigenvalue weighted by Crippen LogP contribution is 2.35. The lowest BCUT2D eigenvalue weighted by Gasteiger charge is -2.07. The fraction of sp³-hybridized carbons (Fsp3) is 0.222. The van der Waals surface area contributed by atoms with Crippen LogP contribution in [-0.4, -0.2) is 19.9 Å². The Balaban J connectivity index is 3.71. The molecule has 18 heavy (non-hydrogen) atoms. The number of ether oxygens (including phenoxy) is 1. The number of nitro groups is 1. The lowest BCUT2D eigenvalue weighted by atomic mass is 10.2. The minimum Gasteiger partial charge on any atom is -0.487 e. The van der Waals surface area contributed by atoms with Crippen molar-refractivity contribution in [3.63, 3.8) is 0 Å². The number of nitrogens with zero attached hydrogens (tertiary/aromatic N) is 2. The summed E-state index contributed by atoms with van der Waals surface area (Å²) in [4.78, 5) is 9.40. The van der Waals surface area contributed by atoms with Gasteiger partial charge in [-0.2, -0.15) is 5.26 Å². The molecule has 9 heteroatoms. The Hall–Kier alpha value is -1.85. The number of nitro benzene ring substituents is 1. The lowest BCUT2D eigenvalue weighted by Crippen LogP contribution is -2.04. The second-order valence-corrected chi connectivity index (χ2v) is 5.56. The number of nitriles is 1. The number of hydrogen-bond donors (Lipinski definition) is 0. The second-order valence-electron chi connectivity index (χ2n) is 3.03. The van der Waals surface area contributed by atoms with Gasteiger partial charge in [0.2, 0.25) is 0 Å². The highest BCUT2D eigenvalue weighted by molar-refractivity contribution is 8.13. The van der Waals surface area contributed by atoms with E-state index in [1.54, 1.807) is 6.92 Å². The summed E-state index contributed by atoms with van der Waals surface area (Å²) in [7, 11) is 0.863. The summed E-state index contributed by atoms with van der Waals surface area (Å²) in [5.41, 5.74) is -1.35. The van der Waals surface area contributed by atoms with Crippen molar-refractivity contribution in [3.8, 4) is 11.8 Å². The van der Waals surface area contributed by atoms with E-state index in [4.69, 9.17) is 20.7 Å². The average molecular weight is 291 g/mol. The normalized spacial score (nSPS) is 10.7. The first-order valence-electron chi connectivity index (χ1n) is 4.61. The van der Waals surface area contributed by atoms with Gasteiger partial charge in [0.15, 0.2) is 11.3 Å². The molecule has 0 N–H and O–H groups in total. The maximum atomic E-state index is 11.2. The number of halogens is 1. The number of benzene rings is 1. The van der Waals surface area contributed by atoms with E-state index >= 15 is 0 Å². The molecule has 96 valence electrons. The summed E-state index contributed by atoms with van der Waals surface area (Å²) < 4.78 is 27.4. The zero-order valence-corrected chi connectivity index (χ0v) is 10.7. The van der Waals surface area contributed by atoms with Crippen molar-refractivity contribution in [1.29, 1.82) is 5.26 Å². The highest BCUT2D eigenvalue weighted by atomic mass is 35.7. The molecule has 0 unspecified atom stereocenters. The van der Waals surface area contributed by atoms with Crippen LogP contribution < -0.4 is 4.74 Å². The summed E-state index contributed by atoms with van der Waals surface area (Å²) in [6.07, 6.45) is 0. The number of rotatable bonds is 4. The summed E-state index contributed by atoms with van der Waals surface area (Å²) in [6.45, 7) is 1.74. The van der Waals surface area contributed by atoms with E-state index < -0.39 is 30.1 Å². The van der Waals surface area contributed by atoms with Crippen LogP contribution >= 0.6 is 10.7 Å². The topological polar surface area (TPSA) is 110 Å². The van der Waals surface area contributed by atoms with Crippen molar-refractivity contribution in [2.45, 2.75) is 11.8 Å². The van der Waals surface area contributed by atoms with E-state index in [1.165, 1.54) is 6.07 Å². The Kier molecular flexibility index (Phi) is 4.11.